The molecule has 0 fully saturated rings. The van der Waals surface area contributed by atoms with E-state index in [0.29, 0.717) is 28.9 Å². The highest BCUT2D eigenvalue weighted by atomic mass is 35.5. The van der Waals surface area contributed by atoms with Crippen molar-refractivity contribution < 1.29 is 4.79 Å². The van der Waals surface area contributed by atoms with Gasteiger partial charge in [0, 0.05) is 17.1 Å². The molecule has 0 saturated heterocycles. The Morgan fingerprint density at radius 3 is 2.66 bits per heavy atom. The summed E-state index contributed by atoms with van der Waals surface area (Å²) in [4.78, 5) is 17.4. The van der Waals surface area contributed by atoms with Crippen molar-refractivity contribution in [1.82, 2.24) is 29.8 Å². The van der Waals surface area contributed by atoms with Crippen molar-refractivity contribution in [2.24, 2.45) is 4.99 Å². The van der Waals surface area contributed by atoms with E-state index in [9.17, 15) is 4.79 Å². The minimum absolute atomic E-state index is 0.332. The third-order valence-electron chi connectivity index (χ3n) is 4.69. The van der Waals surface area contributed by atoms with Crippen molar-refractivity contribution in [3.8, 4) is 5.00 Å². The number of nitrogens with one attached hydrogen (secondary N) is 2. The van der Waals surface area contributed by atoms with Gasteiger partial charge in [-0.3, -0.25) is 4.57 Å². The van der Waals surface area contributed by atoms with Gasteiger partial charge in [0.2, 0.25) is 0 Å². The molecule has 3 aromatic rings. The summed E-state index contributed by atoms with van der Waals surface area (Å²) in [7, 11) is 0. The normalized spacial score (nSPS) is 17.8. The largest absolute Gasteiger partial charge is 0.338 e. The molecule has 3 heterocycles. The van der Waals surface area contributed by atoms with Gasteiger partial charge in [0.1, 0.15) is 10.8 Å². The number of amides is 2. The molecule has 8 nitrogen and oxygen atoms in total. The minimum Gasteiger partial charge on any atom is -0.338 e. The number of aryl methyl sites for hydroxylation is 2. The summed E-state index contributed by atoms with van der Waals surface area (Å²) in [6.45, 7) is 7.99. The highest BCUT2D eigenvalue weighted by molar-refractivity contribution is 7.09. The van der Waals surface area contributed by atoms with Gasteiger partial charge in [-0.2, -0.15) is 4.37 Å². The smallest absolute Gasteiger partial charge is 0.317 e. The molecule has 0 radical (unpaired) electrons. The maximum Gasteiger partial charge on any atom is 0.317 e. The van der Waals surface area contributed by atoms with Gasteiger partial charge in [-0.15, -0.1) is 10.2 Å². The van der Waals surface area contributed by atoms with Crippen LogP contribution in [-0.2, 0) is 5.66 Å². The average Bonchev–Trinajstić information content (AvgIpc) is 3.20. The Labute approximate surface area is 177 Å². The van der Waals surface area contributed by atoms with Crippen LogP contribution in [0.1, 0.15) is 42.3 Å². The fourth-order valence-electron chi connectivity index (χ4n) is 3.36. The number of hydrogen-bond acceptors (Lipinski definition) is 6. The molecule has 0 spiro atoms. The van der Waals surface area contributed by atoms with Crippen LogP contribution >= 0.6 is 23.1 Å². The van der Waals surface area contributed by atoms with Crippen LogP contribution in [0.25, 0.3) is 5.00 Å². The Balaban J connectivity index is 1.99. The zero-order valence-electron chi connectivity index (χ0n) is 16.4. The molecule has 0 saturated carbocycles. The molecular weight excluding hydrogens is 410 g/mol. The van der Waals surface area contributed by atoms with Crippen LogP contribution in [0.4, 0.5) is 4.79 Å². The Morgan fingerprint density at radius 2 is 1.97 bits per heavy atom. The summed E-state index contributed by atoms with van der Waals surface area (Å²) in [6.07, 6.45) is 0. The van der Waals surface area contributed by atoms with Crippen molar-refractivity contribution in [3.63, 3.8) is 0 Å². The number of aliphatic imine (C=N–C) groups is 1. The maximum atomic E-state index is 12.4. The van der Waals surface area contributed by atoms with E-state index in [0.717, 1.165) is 21.8 Å². The third kappa shape index (κ3) is 3.30. The number of carbonyl (C=O) groups is 1. The van der Waals surface area contributed by atoms with Crippen LogP contribution in [0.15, 0.2) is 29.3 Å². The van der Waals surface area contributed by atoms with Gasteiger partial charge in [-0.1, -0.05) is 23.7 Å². The standard InChI is InChI=1S/C19H20ClN7OS/c1-5-21-18(28)23-19(4)17-25-24-11(3)27(17)16-14(10(2)26-29-16)15(22-19)12-6-8-13(20)9-7-12/h6-9H,5H2,1-4H3,(H2,21,23,28). The predicted molar refractivity (Wildman–Crippen MR) is 113 cm³/mol. The molecule has 1 atom stereocenters. The number of fused-ring (bicyclic) bond motifs is 3. The Hall–Kier alpha value is -2.78. The molecule has 4 rings (SSSR count). The first-order valence-corrected chi connectivity index (χ1v) is 10.3. The van der Waals surface area contributed by atoms with E-state index in [4.69, 9.17) is 16.6 Å². The molecule has 1 aliphatic rings. The number of benzene rings is 1. The first-order valence-electron chi connectivity index (χ1n) is 9.15. The van der Waals surface area contributed by atoms with Gasteiger partial charge < -0.3 is 10.6 Å². The van der Waals surface area contributed by atoms with E-state index >= 15 is 0 Å². The van der Waals surface area contributed by atoms with E-state index in [-0.39, 0.29) is 6.03 Å². The molecule has 2 amide bonds. The van der Waals surface area contributed by atoms with Crippen molar-refractivity contribution >= 4 is 34.9 Å². The molecule has 29 heavy (non-hydrogen) atoms. The van der Waals surface area contributed by atoms with Gasteiger partial charge in [0.25, 0.3) is 0 Å². The lowest BCUT2D eigenvalue weighted by Crippen LogP contribution is -2.48. The number of urea groups is 1. The Kier molecular flexibility index (Phi) is 4.87. The van der Waals surface area contributed by atoms with Crippen molar-refractivity contribution in [2.45, 2.75) is 33.4 Å². The summed E-state index contributed by atoms with van der Waals surface area (Å²) in [5, 5.41) is 15.8. The number of carbonyl (C=O) groups excluding carboxylic acids is 1. The second-order valence-electron chi connectivity index (χ2n) is 6.88. The lowest BCUT2D eigenvalue weighted by atomic mass is 10.0. The molecule has 1 aromatic carbocycles. The van der Waals surface area contributed by atoms with Crippen LogP contribution in [0.3, 0.4) is 0 Å². The predicted octanol–water partition coefficient (Wildman–Crippen LogP) is 3.34. The zero-order chi connectivity index (χ0) is 20.8. The summed E-state index contributed by atoms with van der Waals surface area (Å²) in [6, 6.07) is 7.13. The van der Waals surface area contributed by atoms with Gasteiger partial charge in [0.15, 0.2) is 11.5 Å². The van der Waals surface area contributed by atoms with E-state index < -0.39 is 5.66 Å². The molecule has 10 heteroatoms. The van der Waals surface area contributed by atoms with Crippen LogP contribution in [-0.4, -0.2) is 37.4 Å². The Morgan fingerprint density at radius 1 is 1.24 bits per heavy atom. The highest BCUT2D eigenvalue weighted by Crippen LogP contribution is 2.36. The van der Waals surface area contributed by atoms with Crippen molar-refractivity contribution in [1.29, 1.82) is 0 Å². The fourth-order valence-corrected chi connectivity index (χ4v) is 4.44. The second kappa shape index (κ2) is 7.23. The zero-order valence-corrected chi connectivity index (χ0v) is 18.0. The quantitative estimate of drug-likeness (QED) is 0.667. The number of nitrogens with zero attached hydrogens (tertiary/aromatic N) is 5. The maximum absolute atomic E-state index is 12.4. The second-order valence-corrected chi connectivity index (χ2v) is 8.07. The summed E-state index contributed by atoms with van der Waals surface area (Å²) in [5.74, 6) is 1.22. The molecule has 0 bridgehead atoms. The minimum atomic E-state index is -1.14. The van der Waals surface area contributed by atoms with Gasteiger partial charge >= 0.3 is 6.03 Å². The van der Waals surface area contributed by atoms with E-state index in [2.05, 4.69) is 25.2 Å². The van der Waals surface area contributed by atoms with Crippen LogP contribution < -0.4 is 10.6 Å². The summed E-state index contributed by atoms with van der Waals surface area (Å²) < 4.78 is 6.46. The highest BCUT2D eigenvalue weighted by Gasteiger charge is 2.40. The van der Waals surface area contributed by atoms with Gasteiger partial charge in [0.05, 0.1) is 17.0 Å². The van der Waals surface area contributed by atoms with E-state index in [1.807, 2.05) is 56.5 Å². The number of aromatic nitrogens is 4. The molecule has 0 aliphatic carbocycles. The summed E-state index contributed by atoms with van der Waals surface area (Å²) >= 11 is 7.45. The first kappa shape index (κ1) is 19.5. The molecule has 1 unspecified atom stereocenters. The number of hydrogen-bond donors (Lipinski definition) is 2. The Bertz CT molecular complexity index is 1120. The molecule has 2 N–H and O–H groups in total. The lowest BCUT2D eigenvalue weighted by Gasteiger charge is -2.25. The molecule has 1 aliphatic heterocycles. The van der Waals surface area contributed by atoms with E-state index in [1.165, 1.54) is 11.5 Å². The first-order chi connectivity index (χ1) is 13.8. The van der Waals surface area contributed by atoms with Gasteiger partial charge in [-0.05, 0) is 51.4 Å². The topological polar surface area (TPSA) is 97.1 Å². The lowest BCUT2D eigenvalue weighted by molar-refractivity contribution is 0.227. The van der Waals surface area contributed by atoms with Crippen molar-refractivity contribution in [3.05, 3.63) is 57.8 Å². The summed E-state index contributed by atoms with van der Waals surface area (Å²) in [5.41, 5.74) is 2.19. The number of rotatable bonds is 3. The SMILES string of the molecule is CCNC(=O)NC1(C)N=C(c2ccc(Cl)cc2)c2c(C)nsc2-n2c(C)nnc21. The van der Waals surface area contributed by atoms with Crippen molar-refractivity contribution in [2.75, 3.05) is 6.54 Å². The van der Waals surface area contributed by atoms with Gasteiger partial charge in [-0.25, -0.2) is 9.79 Å². The monoisotopic (exact) mass is 429 g/mol. The third-order valence-corrected chi connectivity index (χ3v) is 5.87. The van der Waals surface area contributed by atoms with E-state index in [1.54, 1.807) is 0 Å². The van der Waals surface area contributed by atoms with Crippen LogP contribution in [0.2, 0.25) is 5.02 Å². The average molecular weight is 430 g/mol. The fraction of sp³-hybridized carbons (Fsp3) is 0.316. The number of halogens is 1. The molecule has 150 valence electrons. The van der Waals surface area contributed by atoms with Crippen LogP contribution in [0.5, 0.6) is 0 Å². The van der Waals surface area contributed by atoms with Crippen LogP contribution in [0, 0.1) is 13.8 Å². The molecule has 2 aromatic heterocycles. The molecular formula is C19H20ClN7OS.